The van der Waals surface area contributed by atoms with Gasteiger partial charge in [0.15, 0.2) is 0 Å². The van der Waals surface area contributed by atoms with Crippen molar-refractivity contribution in [2.24, 2.45) is 0 Å². The minimum Gasteiger partial charge on any atom is -0.384 e. The van der Waals surface area contributed by atoms with Crippen LogP contribution in [0.4, 0.5) is 4.39 Å². The van der Waals surface area contributed by atoms with Crippen molar-refractivity contribution in [3.63, 3.8) is 0 Å². The van der Waals surface area contributed by atoms with Crippen molar-refractivity contribution in [1.82, 2.24) is 5.32 Å². The van der Waals surface area contributed by atoms with Gasteiger partial charge in [0.05, 0.1) is 6.61 Å². The molecule has 0 saturated carbocycles. The molecular formula is C13H17BrFNO2. The molecule has 1 amide bonds. The van der Waals surface area contributed by atoms with Gasteiger partial charge in [-0.3, -0.25) is 4.79 Å². The maximum Gasteiger partial charge on any atom is 0.251 e. The summed E-state index contributed by atoms with van der Waals surface area (Å²) < 4.78 is 18.3. The topological polar surface area (TPSA) is 38.3 Å². The minimum atomic E-state index is -0.361. The summed E-state index contributed by atoms with van der Waals surface area (Å²) >= 11 is 3.43. The Kier molecular flexibility index (Phi) is 6.29. The number of methoxy groups -OCH3 is 1. The molecule has 1 unspecified atom stereocenters. The highest BCUT2D eigenvalue weighted by atomic mass is 79.9. The number of carbonyl (C=O) groups excluding carboxylic acids is 1. The Morgan fingerprint density at radius 1 is 1.56 bits per heavy atom. The molecular weight excluding hydrogens is 301 g/mol. The summed E-state index contributed by atoms with van der Waals surface area (Å²) in [7, 11) is 1.63. The number of hydrogen-bond acceptors (Lipinski definition) is 2. The highest BCUT2D eigenvalue weighted by molar-refractivity contribution is 9.09. The lowest BCUT2D eigenvalue weighted by molar-refractivity contribution is 0.0951. The molecule has 0 aliphatic carbocycles. The van der Waals surface area contributed by atoms with E-state index in [1.807, 2.05) is 0 Å². The van der Waals surface area contributed by atoms with E-state index in [1.54, 1.807) is 26.2 Å². The normalized spacial score (nSPS) is 12.2. The van der Waals surface area contributed by atoms with Gasteiger partial charge >= 0.3 is 0 Å². The Bertz CT molecular complexity index is 412. The van der Waals surface area contributed by atoms with E-state index < -0.39 is 0 Å². The van der Waals surface area contributed by atoms with E-state index in [4.69, 9.17) is 4.74 Å². The van der Waals surface area contributed by atoms with Crippen LogP contribution in [-0.2, 0) is 4.74 Å². The summed E-state index contributed by atoms with van der Waals surface area (Å²) in [6.45, 7) is 2.78. The Morgan fingerprint density at radius 2 is 2.28 bits per heavy atom. The Balaban J connectivity index is 2.43. The molecule has 1 aromatic rings. The number of carbonyl (C=O) groups is 1. The second-order valence-electron chi connectivity index (χ2n) is 4.06. The zero-order valence-corrected chi connectivity index (χ0v) is 12.1. The molecule has 0 heterocycles. The molecule has 1 aromatic carbocycles. The van der Waals surface area contributed by atoms with Crippen molar-refractivity contribution in [1.29, 1.82) is 0 Å². The fourth-order valence-electron chi connectivity index (χ4n) is 1.44. The van der Waals surface area contributed by atoms with Crippen molar-refractivity contribution in [3.8, 4) is 0 Å². The first kappa shape index (κ1) is 15.1. The first-order valence-electron chi connectivity index (χ1n) is 5.72. The van der Waals surface area contributed by atoms with E-state index >= 15 is 0 Å². The number of benzene rings is 1. The fourth-order valence-corrected chi connectivity index (χ4v) is 1.94. The molecule has 0 saturated heterocycles. The van der Waals surface area contributed by atoms with Crippen LogP contribution < -0.4 is 5.32 Å². The molecule has 1 rings (SSSR count). The molecule has 0 aliphatic rings. The second-order valence-corrected chi connectivity index (χ2v) is 5.36. The molecule has 100 valence electrons. The third-order valence-corrected chi connectivity index (χ3v) is 3.25. The molecule has 0 radical (unpaired) electrons. The molecule has 0 aliphatic heterocycles. The lowest BCUT2D eigenvalue weighted by Gasteiger charge is -2.09. The molecule has 0 aromatic heterocycles. The predicted molar refractivity (Wildman–Crippen MR) is 72.7 cm³/mol. The van der Waals surface area contributed by atoms with E-state index in [1.165, 1.54) is 6.07 Å². The summed E-state index contributed by atoms with van der Waals surface area (Å²) in [5.41, 5.74) is 0.878. The van der Waals surface area contributed by atoms with Gasteiger partial charge < -0.3 is 10.1 Å². The maximum atomic E-state index is 13.3. The predicted octanol–water partition coefficient (Wildman–Crippen LogP) is 2.66. The van der Waals surface area contributed by atoms with Gasteiger partial charge in [-0.1, -0.05) is 22.0 Å². The standard InChI is InChI=1S/C13H17BrFNO2/c1-9-3-4-10(7-12(9)15)13(17)16-6-5-11(14)8-18-2/h3-4,7,11H,5-6,8H2,1-2H3,(H,16,17). The molecule has 0 fully saturated rings. The van der Waals surface area contributed by atoms with Crippen LogP contribution >= 0.6 is 15.9 Å². The zero-order valence-electron chi connectivity index (χ0n) is 10.5. The summed E-state index contributed by atoms with van der Waals surface area (Å²) in [6.07, 6.45) is 0.758. The van der Waals surface area contributed by atoms with Crippen molar-refractivity contribution in [2.45, 2.75) is 18.2 Å². The molecule has 0 spiro atoms. The van der Waals surface area contributed by atoms with Gasteiger partial charge in [-0.25, -0.2) is 4.39 Å². The molecule has 5 heteroatoms. The Labute approximate surface area is 115 Å². The number of hydrogen-bond donors (Lipinski definition) is 1. The second kappa shape index (κ2) is 7.48. The van der Waals surface area contributed by atoms with Crippen LogP contribution in [0, 0.1) is 12.7 Å². The van der Waals surface area contributed by atoms with Crippen LogP contribution in [0.2, 0.25) is 0 Å². The third-order valence-electron chi connectivity index (χ3n) is 2.52. The molecule has 1 N–H and O–H groups in total. The maximum absolute atomic E-state index is 13.3. The van der Waals surface area contributed by atoms with Crippen molar-refractivity contribution in [3.05, 3.63) is 35.1 Å². The highest BCUT2D eigenvalue weighted by Crippen LogP contribution is 2.09. The first-order chi connectivity index (χ1) is 8.54. The van der Waals surface area contributed by atoms with E-state index in [0.29, 0.717) is 24.3 Å². The summed E-state index contributed by atoms with van der Waals surface area (Å²) in [4.78, 5) is 11.9. The van der Waals surface area contributed by atoms with E-state index in [-0.39, 0.29) is 16.6 Å². The molecule has 18 heavy (non-hydrogen) atoms. The van der Waals surface area contributed by atoms with E-state index in [9.17, 15) is 9.18 Å². The Morgan fingerprint density at radius 3 is 2.89 bits per heavy atom. The average Bonchev–Trinajstić information content (AvgIpc) is 2.33. The lowest BCUT2D eigenvalue weighted by atomic mass is 10.1. The number of alkyl halides is 1. The molecule has 1 atom stereocenters. The van der Waals surface area contributed by atoms with Gasteiger partial charge in [0, 0.05) is 24.0 Å². The molecule has 3 nitrogen and oxygen atoms in total. The van der Waals surface area contributed by atoms with Crippen molar-refractivity contribution >= 4 is 21.8 Å². The van der Waals surface area contributed by atoms with Crippen LogP contribution in [0.1, 0.15) is 22.3 Å². The van der Waals surface area contributed by atoms with Gasteiger partial charge in [0.2, 0.25) is 0 Å². The van der Waals surface area contributed by atoms with Gasteiger partial charge in [0.25, 0.3) is 5.91 Å². The quantitative estimate of drug-likeness (QED) is 0.819. The van der Waals surface area contributed by atoms with Crippen LogP contribution in [-0.4, -0.2) is 31.0 Å². The van der Waals surface area contributed by atoms with Gasteiger partial charge in [-0.2, -0.15) is 0 Å². The smallest absolute Gasteiger partial charge is 0.251 e. The van der Waals surface area contributed by atoms with Gasteiger partial charge in [0.1, 0.15) is 5.82 Å². The zero-order chi connectivity index (χ0) is 13.5. The number of ether oxygens (including phenoxy) is 1. The van der Waals surface area contributed by atoms with Gasteiger partial charge in [-0.05, 0) is 31.0 Å². The summed E-state index contributed by atoms with van der Waals surface area (Å²) in [5, 5.41) is 2.74. The fraction of sp³-hybridized carbons (Fsp3) is 0.462. The minimum absolute atomic E-state index is 0.206. The first-order valence-corrected chi connectivity index (χ1v) is 6.63. The summed E-state index contributed by atoms with van der Waals surface area (Å²) in [5.74, 6) is -0.619. The van der Waals surface area contributed by atoms with Gasteiger partial charge in [-0.15, -0.1) is 0 Å². The number of rotatable bonds is 6. The lowest BCUT2D eigenvalue weighted by Crippen LogP contribution is -2.27. The summed E-state index contributed by atoms with van der Waals surface area (Å²) in [6, 6.07) is 4.47. The SMILES string of the molecule is COCC(Br)CCNC(=O)c1ccc(C)c(F)c1. The van der Waals surface area contributed by atoms with Crippen LogP contribution in [0.3, 0.4) is 0 Å². The monoisotopic (exact) mass is 317 g/mol. The van der Waals surface area contributed by atoms with Crippen molar-refractivity contribution < 1.29 is 13.9 Å². The van der Waals surface area contributed by atoms with Crippen LogP contribution in [0.5, 0.6) is 0 Å². The number of nitrogens with one attached hydrogen (secondary N) is 1. The van der Waals surface area contributed by atoms with E-state index in [2.05, 4.69) is 21.2 Å². The van der Waals surface area contributed by atoms with Crippen LogP contribution in [0.15, 0.2) is 18.2 Å². The van der Waals surface area contributed by atoms with Crippen molar-refractivity contribution in [2.75, 3.05) is 20.3 Å². The number of amides is 1. The number of halogens is 2. The van der Waals surface area contributed by atoms with Crippen LogP contribution in [0.25, 0.3) is 0 Å². The highest BCUT2D eigenvalue weighted by Gasteiger charge is 2.09. The number of aryl methyl sites for hydroxylation is 1. The third kappa shape index (κ3) is 4.74. The average molecular weight is 318 g/mol. The van der Waals surface area contributed by atoms with E-state index in [0.717, 1.165) is 6.42 Å². The largest absolute Gasteiger partial charge is 0.384 e. The molecule has 0 bridgehead atoms. The Hall–Kier alpha value is -0.940.